The molecule has 0 unspecified atom stereocenters. The number of rotatable bonds is 7. The minimum Gasteiger partial charge on any atom is -0.494 e. The predicted octanol–water partition coefficient (Wildman–Crippen LogP) is 5.04. The van der Waals surface area contributed by atoms with Crippen molar-refractivity contribution in [2.75, 3.05) is 11.9 Å². The van der Waals surface area contributed by atoms with Crippen molar-refractivity contribution in [2.24, 2.45) is 5.92 Å². The molecule has 122 valence electrons. The predicted molar refractivity (Wildman–Crippen MR) is 94.7 cm³/mol. The maximum atomic E-state index is 5.89. The number of ether oxygens (including phenoxy) is 1. The van der Waals surface area contributed by atoms with Crippen molar-refractivity contribution in [3.05, 3.63) is 54.2 Å². The highest BCUT2D eigenvalue weighted by molar-refractivity contribution is 5.36. The normalized spacial score (nSPS) is 15.3. The summed E-state index contributed by atoms with van der Waals surface area (Å²) < 4.78 is 5.89. The quantitative estimate of drug-likeness (QED) is 0.777. The van der Waals surface area contributed by atoms with Crippen molar-refractivity contribution >= 4 is 5.82 Å². The van der Waals surface area contributed by atoms with Crippen molar-refractivity contribution in [3.63, 3.8) is 0 Å². The Morgan fingerprint density at radius 3 is 2.57 bits per heavy atom. The molecule has 1 fully saturated rings. The van der Waals surface area contributed by atoms with E-state index in [2.05, 4.69) is 34.6 Å². The molecule has 23 heavy (non-hydrogen) atoms. The molecule has 0 amide bonds. The van der Waals surface area contributed by atoms with Gasteiger partial charge in [0.25, 0.3) is 0 Å². The highest BCUT2D eigenvalue weighted by atomic mass is 16.5. The summed E-state index contributed by atoms with van der Waals surface area (Å²) in [6.45, 7) is 1.62. The van der Waals surface area contributed by atoms with Gasteiger partial charge in [-0.15, -0.1) is 0 Å². The molecule has 0 bridgehead atoms. The Kier molecular flexibility index (Phi) is 5.90. The Morgan fingerprint density at radius 2 is 1.83 bits per heavy atom. The molecule has 3 heteroatoms. The topological polar surface area (TPSA) is 34.1 Å². The lowest BCUT2D eigenvalue weighted by Gasteiger charge is -2.21. The van der Waals surface area contributed by atoms with Crippen LogP contribution in [0.4, 0.5) is 5.82 Å². The zero-order valence-electron chi connectivity index (χ0n) is 13.7. The second-order valence-electron chi connectivity index (χ2n) is 6.35. The lowest BCUT2D eigenvalue weighted by atomic mass is 9.87. The maximum Gasteiger partial charge on any atom is 0.126 e. The molecule has 1 saturated carbocycles. The van der Waals surface area contributed by atoms with Gasteiger partial charge < -0.3 is 10.1 Å². The fourth-order valence-corrected chi connectivity index (χ4v) is 3.18. The summed E-state index contributed by atoms with van der Waals surface area (Å²) in [5.41, 5.74) is 1.23. The van der Waals surface area contributed by atoms with E-state index in [0.29, 0.717) is 0 Å². The number of hydrogen-bond acceptors (Lipinski definition) is 3. The SMILES string of the molecule is c1ccc(NCc2ccc(OCCC3CCCCC3)cc2)nc1. The molecule has 1 heterocycles. The molecular weight excluding hydrogens is 284 g/mol. The molecule has 1 N–H and O–H groups in total. The molecule has 3 rings (SSSR count). The molecule has 1 aromatic carbocycles. The van der Waals surface area contributed by atoms with Gasteiger partial charge >= 0.3 is 0 Å². The second kappa shape index (κ2) is 8.56. The third-order valence-electron chi connectivity index (χ3n) is 4.58. The van der Waals surface area contributed by atoms with Gasteiger partial charge in [0.1, 0.15) is 11.6 Å². The Hall–Kier alpha value is -2.03. The van der Waals surface area contributed by atoms with E-state index in [0.717, 1.165) is 30.6 Å². The van der Waals surface area contributed by atoms with Crippen molar-refractivity contribution in [3.8, 4) is 5.75 Å². The summed E-state index contributed by atoms with van der Waals surface area (Å²) in [4.78, 5) is 4.26. The molecule has 0 atom stereocenters. The number of hydrogen-bond donors (Lipinski definition) is 1. The van der Waals surface area contributed by atoms with Crippen molar-refractivity contribution < 1.29 is 4.74 Å². The van der Waals surface area contributed by atoms with E-state index >= 15 is 0 Å². The molecular formula is C20H26N2O. The fourth-order valence-electron chi connectivity index (χ4n) is 3.18. The lowest BCUT2D eigenvalue weighted by Crippen LogP contribution is -2.10. The van der Waals surface area contributed by atoms with Crippen LogP contribution in [0.2, 0.25) is 0 Å². The Bertz CT molecular complexity index is 562. The van der Waals surface area contributed by atoms with Crippen molar-refractivity contribution in [1.82, 2.24) is 4.98 Å². The van der Waals surface area contributed by atoms with Gasteiger partial charge in [0.2, 0.25) is 0 Å². The third-order valence-corrected chi connectivity index (χ3v) is 4.58. The first-order chi connectivity index (χ1) is 11.4. The smallest absolute Gasteiger partial charge is 0.126 e. The number of anilines is 1. The summed E-state index contributed by atoms with van der Waals surface area (Å²) >= 11 is 0. The molecule has 0 saturated heterocycles. The number of nitrogens with one attached hydrogen (secondary N) is 1. The molecule has 0 aliphatic heterocycles. The monoisotopic (exact) mass is 310 g/mol. The van der Waals surface area contributed by atoms with Crippen molar-refractivity contribution in [1.29, 1.82) is 0 Å². The Balaban J connectivity index is 1.40. The van der Waals surface area contributed by atoms with Gasteiger partial charge in [-0.25, -0.2) is 4.98 Å². The zero-order valence-corrected chi connectivity index (χ0v) is 13.7. The van der Waals surface area contributed by atoms with Crippen LogP contribution in [0.3, 0.4) is 0 Å². The van der Waals surface area contributed by atoms with Crippen LogP contribution in [0.25, 0.3) is 0 Å². The first kappa shape index (κ1) is 15.9. The van der Waals surface area contributed by atoms with Gasteiger partial charge in [0.05, 0.1) is 6.61 Å². The van der Waals surface area contributed by atoms with Crippen LogP contribution in [0.1, 0.15) is 44.1 Å². The van der Waals surface area contributed by atoms with E-state index in [1.165, 1.54) is 44.1 Å². The molecule has 1 aliphatic rings. The molecule has 1 aliphatic carbocycles. The highest BCUT2D eigenvalue weighted by Crippen LogP contribution is 2.26. The van der Waals surface area contributed by atoms with Crippen LogP contribution < -0.4 is 10.1 Å². The first-order valence-corrected chi connectivity index (χ1v) is 8.77. The van der Waals surface area contributed by atoms with Gasteiger partial charge in [-0.2, -0.15) is 0 Å². The standard InChI is InChI=1S/C20H26N2O/c1-2-6-17(7-3-1)13-15-23-19-11-9-18(10-12-19)16-22-20-8-4-5-14-21-20/h4-5,8-12,14,17H,1-3,6-7,13,15-16H2,(H,21,22). The highest BCUT2D eigenvalue weighted by Gasteiger charge is 2.12. The third kappa shape index (κ3) is 5.27. The van der Waals surface area contributed by atoms with Crippen LogP contribution in [0, 0.1) is 5.92 Å². The Labute approximate surface area is 139 Å². The first-order valence-electron chi connectivity index (χ1n) is 8.77. The van der Waals surface area contributed by atoms with E-state index in [1.54, 1.807) is 6.20 Å². The van der Waals surface area contributed by atoms with E-state index < -0.39 is 0 Å². The summed E-state index contributed by atoms with van der Waals surface area (Å²) in [5, 5.41) is 3.31. The molecule has 3 nitrogen and oxygen atoms in total. The lowest BCUT2D eigenvalue weighted by molar-refractivity contribution is 0.246. The Morgan fingerprint density at radius 1 is 1.00 bits per heavy atom. The largest absolute Gasteiger partial charge is 0.494 e. The average Bonchev–Trinajstić information content (AvgIpc) is 2.63. The summed E-state index contributed by atoms with van der Waals surface area (Å²) in [6, 6.07) is 14.2. The average molecular weight is 310 g/mol. The number of nitrogens with zero attached hydrogens (tertiary/aromatic N) is 1. The van der Waals surface area contributed by atoms with Gasteiger partial charge in [0, 0.05) is 12.7 Å². The minimum absolute atomic E-state index is 0.777. The number of pyridine rings is 1. The minimum atomic E-state index is 0.777. The van der Waals surface area contributed by atoms with Gasteiger partial charge in [0.15, 0.2) is 0 Å². The van der Waals surface area contributed by atoms with E-state index in [1.807, 2.05) is 18.2 Å². The van der Waals surface area contributed by atoms with Gasteiger partial charge in [-0.05, 0) is 42.2 Å². The second-order valence-corrected chi connectivity index (χ2v) is 6.35. The summed E-state index contributed by atoms with van der Waals surface area (Å²) in [7, 11) is 0. The van der Waals surface area contributed by atoms with Crippen LogP contribution >= 0.6 is 0 Å². The van der Waals surface area contributed by atoms with E-state index in [4.69, 9.17) is 4.74 Å². The zero-order chi connectivity index (χ0) is 15.7. The fraction of sp³-hybridized carbons (Fsp3) is 0.450. The molecule has 0 radical (unpaired) electrons. The number of benzene rings is 1. The van der Waals surface area contributed by atoms with Gasteiger partial charge in [-0.1, -0.05) is 50.3 Å². The van der Waals surface area contributed by atoms with Crippen LogP contribution in [-0.4, -0.2) is 11.6 Å². The van der Waals surface area contributed by atoms with Crippen molar-refractivity contribution in [2.45, 2.75) is 45.1 Å². The van der Waals surface area contributed by atoms with Gasteiger partial charge in [-0.3, -0.25) is 0 Å². The van der Waals surface area contributed by atoms with Crippen LogP contribution in [-0.2, 0) is 6.54 Å². The molecule has 2 aromatic rings. The molecule has 1 aromatic heterocycles. The van der Waals surface area contributed by atoms with Crippen LogP contribution in [0.15, 0.2) is 48.7 Å². The van der Waals surface area contributed by atoms with E-state index in [9.17, 15) is 0 Å². The number of aromatic nitrogens is 1. The molecule has 0 spiro atoms. The maximum absolute atomic E-state index is 5.89. The summed E-state index contributed by atoms with van der Waals surface area (Å²) in [5.74, 6) is 2.76. The summed E-state index contributed by atoms with van der Waals surface area (Å²) in [6.07, 6.45) is 10.0. The van der Waals surface area contributed by atoms with Crippen LogP contribution in [0.5, 0.6) is 5.75 Å². The van der Waals surface area contributed by atoms with E-state index in [-0.39, 0.29) is 0 Å².